The quantitative estimate of drug-likeness (QED) is 0.369. The maximum atomic E-state index is 13.0. The van der Waals surface area contributed by atoms with Crippen molar-refractivity contribution in [2.75, 3.05) is 6.61 Å². The number of nitrogens with zero attached hydrogens (tertiary/aromatic N) is 2. The van der Waals surface area contributed by atoms with Crippen molar-refractivity contribution in [3.63, 3.8) is 0 Å². The van der Waals surface area contributed by atoms with E-state index in [4.69, 9.17) is 9.15 Å². The SMILES string of the molecule is CCOc1cccc(C(O)=C2C(=O)C(=O)N(Cc3ccncc3)[C@H]2c2ccc(C)o2)c1. The van der Waals surface area contributed by atoms with Crippen LogP contribution in [0.15, 0.2) is 70.9 Å². The van der Waals surface area contributed by atoms with Gasteiger partial charge < -0.3 is 19.2 Å². The van der Waals surface area contributed by atoms with E-state index in [1.807, 2.05) is 6.92 Å². The van der Waals surface area contributed by atoms with Crippen LogP contribution in [-0.4, -0.2) is 33.3 Å². The van der Waals surface area contributed by atoms with E-state index in [2.05, 4.69) is 4.98 Å². The first-order chi connectivity index (χ1) is 15.0. The van der Waals surface area contributed by atoms with E-state index in [-0.39, 0.29) is 17.9 Å². The number of ether oxygens (including phenoxy) is 1. The van der Waals surface area contributed by atoms with Gasteiger partial charge in [-0.15, -0.1) is 0 Å². The number of rotatable bonds is 6. The van der Waals surface area contributed by atoms with Crippen molar-refractivity contribution in [1.82, 2.24) is 9.88 Å². The van der Waals surface area contributed by atoms with Gasteiger partial charge in [0, 0.05) is 24.5 Å². The molecular weight excluding hydrogens is 396 g/mol. The highest BCUT2D eigenvalue weighted by Gasteiger charge is 2.47. The molecule has 1 aromatic carbocycles. The first-order valence-electron chi connectivity index (χ1n) is 9.96. The Balaban J connectivity index is 1.83. The van der Waals surface area contributed by atoms with E-state index in [9.17, 15) is 14.7 Å². The molecule has 4 rings (SSSR count). The maximum absolute atomic E-state index is 13.0. The molecule has 1 aliphatic heterocycles. The average molecular weight is 418 g/mol. The monoisotopic (exact) mass is 418 g/mol. The van der Waals surface area contributed by atoms with Crippen LogP contribution in [0.2, 0.25) is 0 Å². The van der Waals surface area contributed by atoms with Crippen molar-refractivity contribution in [2.24, 2.45) is 0 Å². The topological polar surface area (TPSA) is 92.9 Å². The minimum Gasteiger partial charge on any atom is -0.507 e. The molecule has 1 fully saturated rings. The van der Waals surface area contributed by atoms with Crippen LogP contribution in [0.5, 0.6) is 5.75 Å². The van der Waals surface area contributed by atoms with E-state index < -0.39 is 17.7 Å². The predicted molar refractivity (Wildman–Crippen MR) is 113 cm³/mol. The van der Waals surface area contributed by atoms with Crippen LogP contribution in [0.3, 0.4) is 0 Å². The van der Waals surface area contributed by atoms with Gasteiger partial charge in [0.25, 0.3) is 11.7 Å². The van der Waals surface area contributed by atoms with Crippen LogP contribution in [0.4, 0.5) is 0 Å². The van der Waals surface area contributed by atoms with Crippen LogP contribution >= 0.6 is 0 Å². The summed E-state index contributed by atoms with van der Waals surface area (Å²) in [5.41, 5.74) is 1.19. The molecule has 0 radical (unpaired) electrons. The highest BCUT2D eigenvalue weighted by atomic mass is 16.5. The summed E-state index contributed by atoms with van der Waals surface area (Å²) in [5, 5.41) is 11.1. The number of furan rings is 1. The number of aryl methyl sites for hydroxylation is 1. The van der Waals surface area contributed by atoms with E-state index in [1.165, 1.54) is 4.90 Å². The minimum absolute atomic E-state index is 0.0120. The maximum Gasteiger partial charge on any atom is 0.296 e. The molecule has 0 saturated carbocycles. The summed E-state index contributed by atoms with van der Waals surface area (Å²) >= 11 is 0. The van der Waals surface area contributed by atoms with Gasteiger partial charge in [-0.1, -0.05) is 12.1 Å². The Bertz CT molecular complexity index is 1150. The number of hydrogen-bond acceptors (Lipinski definition) is 6. The normalized spacial score (nSPS) is 17.9. The fourth-order valence-electron chi connectivity index (χ4n) is 3.68. The summed E-state index contributed by atoms with van der Waals surface area (Å²) in [7, 11) is 0. The molecule has 3 heterocycles. The van der Waals surface area contributed by atoms with E-state index in [0.717, 1.165) is 5.56 Å². The first-order valence-corrected chi connectivity index (χ1v) is 9.96. The van der Waals surface area contributed by atoms with Gasteiger partial charge in [-0.2, -0.15) is 0 Å². The third-order valence-electron chi connectivity index (χ3n) is 5.09. The van der Waals surface area contributed by atoms with Gasteiger partial charge in [0.15, 0.2) is 0 Å². The zero-order chi connectivity index (χ0) is 22.0. The third kappa shape index (κ3) is 3.94. The second kappa shape index (κ2) is 8.47. The number of aromatic nitrogens is 1. The molecule has 2 aromatic heterocycles. The molecule has 1 amide bonds. The Morgan fingerprint density at radius 2 is 1.94 bits per heavy atom. The Labute approximate surface area is 179 Å². The zero-order valence-corrected chi connectivity index (χ0v) is 17.2. The number of likely N-dealkylation sites (tertiary alicyclic amines) is 1. The average Bonchev–Trinajstić information content (AvgIpc) is 3.31. The number of aliphatic hydroxyl groups excluding tert-OH is 1. The molecule has 0 unspecified atom stereocenters. The Morgan fingerprint density at radius 3 is 2.61 bits per heavy atom. The summed E-state index contributed by atoms with van der Waals surface area (Å²) in [5.74, 6) is -0.110. The largest absolute Gasteiger partial charge is 0.507 e. The van der Waals surface area contributed by atoms with Crippen LogP contribution in [-0.2, 0) is 16.1 Å². The Hall–Kier alpha value is -3.87. The van der Waals surface area contributed by atoms with Gasteiger partial charge in [-0.25, -0.2) is 0 Å². The molecule has 1 atom stereocenters. The van der Waals surface area contributed by atoms with Crippen molar-refractivity contribution in [1.29, 1.82) is 0 Å². The van der Waals surface area contributed by atoms with Crippen LogP contribution in [0.1, 0.15) is 35.6 Å². The fourth-order valence-corrected chi connectivity index (χ4v) is 3.68. The minimum atomic E-state index is -0.849. The fraction of sp³-hybridized carbons (Fsp3) is 0.208. The molecule has 158 valence electrons. The molecule has 1 aliphatic rings. The smallest absolute Gasteiger partial charge is 0.296 e. The molecule has 0 spiro atoms. The molecule has 0 aliphatic carbocycles. The Morgan fingerprint density at radius 1 is 1.16 bits per heavy atom. The number of hydrogen-bond donors (Lipinski definition) is 1. The Kier molecular flexibility index (Phi) is 5.58. The number of aliphatic hydroxyl groups is 1. The van der Waals surface area contributed by atoms with E-state index in [0.29, 0.717) is 29.4 Å². The van der Waals surface area contributed by atoms with Gasteiger partial charge in [0.2, 0.25) is 0 Å². The molecule has 1 saturated heterocycles. The van der Waals surface area contributed by atoms with Gasteiger partial charge >= 0.3 is 0 Å². The summed E-state index contributed by atoms with van der Waals surface area (Å²) in [4.78, 5) is 31.4. The summed E-state index contributed by atoms with van der Waals surface area (Å²) in [6.45, 7) is 4.28. The molecule has 7 nitrogen and oxygen atoms in total. The second-order valence-corrected chi connectivity index (χ2v) is 7.19. The van der Waals surface area contributed by atoms with Crippen molar-refractivity contribution in [3.05, 3.63) is 89.1 Å². The molecule has 1 N–H and O–H groups in total. The highest BCUT2D eigenvalue weighted by molar-refractivity contribution is 6.46. The lowest BCUT2D eigenvalue weighted by atomic mass is 9.99. The lowest BCUT2D eigenvalue weighted by molar-refractivity contribution is -0.140. The summed E-state index contributed by atoms with van der Waals surface area (Å²) < 4.78 is 11.3. The number of ketones is 1. The number of carbonyl (C=O) groups is 2. The summed E-state index contributed by atoms with van der Waals surface area (Å²) in [6.07, 6.45) is 3.24. The van der Waals surface area contributed by atoms with Crippen molar-refractivity contribution in [2.45, 2.75) is 26.4 Å². The van der Waals surface area contributed by atoms with Crippen molar-refractivity contribution >= 4 is 17.4 Å². The number of Topliss-reactive ketones (excluding diaryl/α,β-unsaturated/α-hetero) is 1. The second-order valence-electron chi connectivity index (χ2n) is 7.19. The molecule has 3 aromatic rings. The number of benzene rings is 1. The molecule has 7 heteroatoms. The molecule has 31 heavy (non-hydrogen) atoms. The lowest BCUT2D eigenvalue weighted by Gasteiger charge is -2.23. The van der Waals surface area contributed by atoms with Crippen molar-refractivity contribution < 1.29 is 23.8 Å². The third-order valence-corrected chi connectivity index (χ3v) is 5.09. The van der Waals surface area contributed by atoms with Gasteiger partial charge in [0.05, 0.1) is 12.2 Å². The van der Waals surface area contributed by atoms with Gasteiger partial charge in [-0.3, -0.25) is 14.6 Å². The standard InChI is InChI=1S/C24H22N2O5/c1-3-30-18-6-4-5-17(13-18)22(27)20-21(19-8-7-15(2)31-19)26(24(29)23(20)28)14-16-9-11-25-12-10-16/h4-13,21,27H,3,14H2,1-2H3/t21-/m0/s1. The number of pyridine rings is 1. The summed E-state index contributed by atoms with van der Waals surface area (Å²) in [6, 6.07) is 13.0. The predicted octanol–water partition coefficient (Wildman–Crippen LogP) is 4.00. The number of amides is 1. The van der Waals surface area contributed by atoms with Crippen LogP contribution in [0.25, 0.3) is 5.76 Å². The van der Waals surface area contributed by atoms with Gasteiger partial charge in [-0.05, 0) is 55.8 Å². The van der Waals surface area contributed by atoms with Crippen LogP contribution < -0.4 is 4.74 Å². The lowest BCUT2D eigenvalue weighted by Crippen LogP contribution is -2.29. The van der Waals surface area contributed by atoms with Gasteiger partial charge in [0.1, 0.15) is 29.1 Å². The van der Waals surface area contributed by atoms with Crippen LogP contribution in [0, 0.1) is 6.92 Å². The zero-order valence-electron chi connectivity index (χ0n) is 17.2. The van der Waals surface area contributed by atoms with Crippen molar-refractivity contribution in [3.8, 4) is 5.75 Å². The molecule has 0 bridgehead atoms. The van der Waals surface area contributed by atoms with E-state index in [1.54, 1.807) is 67.8 Å². The number of carbonyl (C=O) groups excluding carboxylic acids is 2. The highest BCUT2D eigenvalue weighted by Crippen LogP contribution is 2.41. The molecular formula is C24H22N2O5. The first kappa shape index (κ1) is 20.4. The van der Waals surface area contributed by atoms with E-state index >= 15 is 0 Å².